The molecule has 1 aliphatic heterocycles. The van der Waals surface area contributed by atoms with Gasteiger partial charge in [-0.2, -0.15) is 0 Å². The van der Waals surface area contributed by atoms with Crippen LogP contribution in [0, 0.1) is 5.82 Å². The van der Waals surface area contributed by atoms with Crippen molar-refractivity contribution in [2.45, 2.75) is 6.92 Å². The molecule has 0 saturated heterocycles. The Morgan fingerprint density at radius 2 is 1.86 bits per heavy atom. The highest BCUT2D eigenvalue weighted by atomic mass is 35.5. The molecule has 0 amide bonds. The van der Waals surface area contributed by atoms with Crippen molar-refractivity contribution in [3.63, 3.8) is 0 Å². The summed E-state index contributed by atoms with van der Waals surface area (Å²) < 4.78 is 35.5. The number of aliphatic imine (C=N–C) groups is 1. The summed E-state index contributed by atoms with van der Waals surface area (Å²) in [6, 6.07) is 15.0. The Hall–Kier alpha value is -4.17. The lowest BCUT2D eigenvalue weighted by molar-refractivity contribution is -0.129. The average Bonchev–Trinajstić information content (AvgIpc) is 3.21. The molecule has 4 rings (SSSR count). The van der Waals surface area contributed by atoms with Crippen LogP contribution in [0.2, 0.25) is 5.02 Å². The number of nitrogens with zero attached hydrogens (tertiary/aromatic N) is 1. The molecule has 3 aromatic rings. The van der Waals surface area contributed by atoms with Crippen molar-refractivity contribution >= 4 is 35.5 Å². The van der Waals surface area contributed by atoms with Gasteiger partial charge in [0.25, 0.3) is 0 Å². The molecule has 9 heteroatoms. The van der Waals surface area contributed by atoms with Crippen LogP contribution < -0.4 is 14.2 Å². The molecule has 0 saturated carbocycles. The van der Waals surface area contributed by atoms with Crippen LogP contribution in [0.1, 0.15) is 28.4 Å². The number of cyclic esters (lactones) is 1. The lowest BCUT2D eigenvalue weighted by atomic mass is 10.1. The SMILES string of the molecule is CCOc1cc(/C=C2\N=C(c3cc(Cl)ccc3OC)OC2=O)ccc1OC(=O)c1ccccc1F. The van der Waals surface area contributed by atoms with Gasteiger partial charge < -0.3 is 18.9 Å². The third-order valence-electron chi connectivity index (χ3n) is 4.88. The second kappa shape index (κ2) is 10.4. The number of methoxy groups -OCH3 is 1. The van der Waals surface area contributed by atoms with Gasteiger partial charge in [-0.05, 0) is 61.0 Å². The minimum absolute atomic E-state index is 0.0422. The molecule has 0 spiro atoms. The second-order valence-corrected chi connectivity index (χ2v) is 7.63. The summed E-state index contributed by atoms with van der Waals surface area (Å²) in [7, 11) is 1.48. The highest BCUT2D eigenvalue weighted by Crippen LogP contribution is 2.32. The first-order chi connectivity index (χ1) is 16.9. The van der Waals surface area contributed by atoms with E-state index in [4.69, 9.17) is 30.5 Å². The number of carbonyl (C=O) groups is 2. The zero-order valence-corrected chi connectivity index (χ0v) is 19.5. The van der Waals surface area contributed by atoms with Gasteiger partial charge in [-0.3, -0.25) is 0 Å². The van der Waals surface area contributed by atoms with Crippen LogP contribution >= 0.6 is 11.6 Å². The van der Waals surface area contributed by atoms with Crippen LogP contribution in [0.3, 0.4) is 0 Å². The Bertz CT molecular complexity index is 1370. The minimum atomic E-state index is -0.862. The van der Waals surface area contributed by atoms with Crippen LogP contribution in [-0.4, -0.2) is 31.6 Å². The fourth-order valence-corrected chi connectivity index (χ4v) is 3.45. The van der Waals surface area contributed by atoms with Crippen molar-refractivity contribution in [1.82, 2.24) is 0 Å². The van der Waals surface area contributed by atoms with Crippen LogP contribution in [0.15, 0.2) is 71.4 Å². The first-order valence-corrected chi connectivity index (χ1v) is 10.9. The van der Waals surface area contributed by atoms with Crippen LogP contribution in [0.4, 0.5) is 4.39 Å². The summed E-state index contributed by atoms with van der Waals surface area (Å²) >= 11 is 6.06. The summed E-state index contributed by atoms with van der Waals surface area (Å²) in [6.07, 6.45) is 1.50. The van der Waals surface area contributed by atoms with Crippen molar-refractivity contribution in [3.8, 4) is 17.2 Å². The molecular weight excluding hydrogens is 477 g/mol. The van der Waals surface area contributed by atoms with Crippen molar-refractivity contribution < 1.29 is 32.9 Å². The van der Waals surface area contributed by atoms with E-state index in [1.54, 1.807) is 37.3 Å². The number of halogens is 2. The van der Waals surface area contributed by atoms with Gasteiger partial charge in [0.15, 0.2) is 17.2 Å². The Morgan fingerprint density at radius 3 is 2.60 bits per heavy atom. The Kier molecular flexibility index (Phi) is 7.12. The standard InChI is InChI=1S/C26H19ClFNO6/c1-3-33-23-13-15(8-10-22(23)34-25(30)17-6-4-5-7-19(17)28)12-20-26(31)35-24(29-20)18-14-16(27)9-11-21(18)32-2/h4-14H,3H2,1-2H3/b20-12-. The van der Waals surface area contributed by atoms with Gasteiger partial charge in [0.2, 0.25) is 5.90 Å². The number of rotatable bonds is 7. The summed E-state index contributed by atoms with van der Waals surface area (Å²) in [6.45, 7) is 2.04. The lowest BCUT2D eigenvalue weighted by Gasteiger charge is -2.11. The maximum atomic E-state index is 13.9. The zero-order chi connectivity index (χ0) is 24.9. The fourth-order valence-electron chi connectivity index (χ4n) is 3.28. The Morgan fingerprint density at radius 1 is 1.09 bits per heavy atom. The molecule has 0 aromatic heterocycles. The van der Waals surface area contributed by atoms with Gasteiger partial charge >= 0.3 is 11.9 Å². The first-order valence-electron chi connectivity index (χ1n) is 10.5. The Balaban J connectivity index is 1.63. The molecule has 0 bridgehead atoms. The van der Waals surface area contributed by atoms with Crippen LogP contribution in [-0.2, 0) is 9.53 Å². The highest BCUT2D eigenvalue weighted by Gasteiger charge is 2.27. The molecule has 0 atom stereocenters. The highest BCUT2D eigenvalue weighted by molar-refractivity contribution is 6.31. The molecule has 0 unspecified atom stereocenters. The number of ether oxygens (including phenoxy) is 4. The van der Waals surface area contributed by atoms with E-state index in [2.05, 4.69) is 4.99 Å². The number of esters is 2. The number of hydrogen-bond donors (Lipinski definition) is 0. The van der Waals surface area contributed by atoms with Gasteiger partial charge in [0.05, 0.1) is 24.8 Å². The van der Waals surface area contributed by atoms with Crippen molar-refractivity contribution in [3.05, 3.63) is 93.9 Å². The molecule has 35 heavy (non-hydrogen) atoms. The molecule has 1 aliphatic rings. The molecule has 7 nitrogen and oxygen atoms in total. The number of hydrogen-bond acceptors (Lipinski definition) is 7. The quantitative estimate of drug-likeness (QED) is 0.246. The van der Waals surface area contributed by atoms with E-state index in [0.29, 0.717) is 21.9 Å². The van der Waals surface area contributed by atoms with E-state index in [0.717, 1.165) is 0 Å². The van der Waals surface area contributed by atoms with Crippen LogP contribution in [0.5, 0.6) is 17.2 Å². The van der Waals surface area contributed by atoms with Gasteiger partial charge in [0.1, 0.15) is 11.6 Å². The van der Waals surface area contributed by atoms with E-state index in [1.165, 1.54) is 43.5 Å². The zero-order valence-electron chi connectivity index (χ0n) is 18.7. The van der Waals surface area contributed by atoms with Gasteiger partial charge in [-0.1, -0.05) is 29.8 Å². The largest absolute Gasteiger partial charge is 0.496 e. The third kappa shape index (κ3) is 5.33. The molecule has 178 valence electrons. The predicted octanol–water partition coefficient (Wildman–Crippen LogP) is 5.45. The van der Waals surface area contributed by atoms with E-state index < -0.39 is 17.8 Å². The molecular formula is C26H19ClFNO6. The molecule has 1 heterocycles. The number of carbonyl (C=O) groups excluding carboxylic acids is 2. The van der Waals surface area contributed by atoms with Crippen molar-refractivity contribution in [2.24, 2.45) is 4.99 Å². The van der Waals surface area contributed by atoms with Gasteiger partial charge in [-0.15, -0.1) is 0 Å². The molecule has 0 aliphatic carbocycles. The smallest absolute Gasteiger partial charge is 0.363 e. The van der Waals surface area contributed by atoms with Crippen molar-refractivity contribution in [2.75, 3.05) is 13.7 Å². The van der Waals surface area contributed by atoms with E-state index in [9.17, 15) is 14.0 Å². The Labute approximate surface area is 205 Å². The van der Waals surface area contributed by atoms with E-state index in [-0.39, 0.29) is 35.3 Å². The van der Waals surface area contributed by atoms with Gasteiger partial charge in [0, 0.05) is 5.02 Å². The normalized spacial score (nSPS) is 13.9. The molecule has 0 radical (unpaired) electrons. The van der Waals surface area contributed by atoms with Gasteiger partial charge in [-0.25, -0.2) is 19.0 Å². The molecule has 3 aromatic carbocycles. The fraction of sp³-hybridized carbons (Fsp3) is 0.115. The second-order valence-electron chi connectivity index (χ2n) is 7.19. The summed E-state index contributed by atoms with van der Waals surface area (Å²) in [5, 5.41) is 0.429. The van der Waals surface area contributed by atoms with Crippen molar-refractivity contribution in [1.29, 1.82) is 0 Å². The van der Waals surface area contributed by atoms with E-state index in [1.807, 2.05) is 0 Å². The van der Waals surface area contributed by atoms with E-state index >= 15 is 0 Å². The topological polar surface area (TPSA) is 83.4 Å². The molecule has 0 fully saturated rings. The lowest BCUT2D eigenvalue weighted by Crippen LogP contribution is -2.11. The number of benzene rings is 3. The summed E-state index contributed by atoms with van der Waals surface area (Å²) in [4.78, 5) is 29.1. The minimum Gasteiger partial charge on any atom is -0.496 e. The maximum absolute atomic E-state index is 13.9. The predicted molar refractivity (Wildman–Crippen MR) is 128 cm³/mol. The summed E-state index contributed by atoms with van der Waals surface area (Å²) in [5.41, 5.74) is 0.810. The average molecular weight is 496 g/mol. The monoisotopic (exact) mass is 495 g/mol. The molecule has 0 N–H and O–H groups in total. The first kappa shape index (κ1) is 24.0. The maximum Gasteiger partial charge on any atom is 0.363 e. The summed E-state index contributed by atoms with van der Waals surface area (Å²) in [5.74, 6) is -1.37. The third-order valence-corrected chi connectivity index (χ3v) is 5.11. The van der Waals surface area contributed by atoms with Crippen LogP contribution in [0.25, 0.3) is 6.08 Å².